The molecule has 1 rings (SSSR count). The first-order valence-corrected chi connectivity index (χ1v) is 7.38. The van der Waals surface area contributed by atoms with Crippen LogP contribution in [0.15, 0.2) is 0 Å². The van der Waals surface area contributed by atoms with Gasteiger partial charge in [0.2, 0.25) is 0 Å². The van der Waals surface area contributed by atoms with Crippen molar-refractivity contribution in [2.24, 2.45) is 0 Å². The molecule has 1 aromatic heterocycles. The smallest absolute Gasteiger partial charge is 0.143 e. The summed E-state index contributed by atoms with van der Waals surface area (Å²) < 4.78 is 2.25. The van der Waals surface area contributed by atoms with Gasteiger partial charge >= 0.3 is 0 Å². The third kappa shape index (κ3) is 3.06. The molecule has 0 N–H and O–H groups in total. The first-order chi connectivity index (χ1) is 7.78. The normalized spacial score (nSPS) is 11.3. The molecule has 0 aliphatic heterocycles. The second-order valence-electron chi connectivity index (χ2n) is 4.13. The molecule has 0 aliphatic rings. The molecule has 0 radical (unpaired) electrons. The van der Waals surface area contributed by atoms with Crippen LogP contribution < -0.4 is 0 Å². The summed E-state index contributed by atoms with van der Waals surface area (Å²) in [4.78, 5) is 0. The Morgan fingerprint density at radius 1 is 1.12 bits per heavy atom. The highest BCUT2D eigenvalue weighted by Gasteiger charge is 2.18. The lowest BCUT2D eigenvalue weighted by Crippen LogP contribution is -2.10. The standard InChI is InChI=1S/C12H22BrN3/c1-4-7-10(8-5-2)12-15-14-11(9-13)16(12)6-3/h10H,4-9H2,1-3H3. The van der Waals surface area contributed by atoms with E-state index in [-0.39, 0.29) is 0 Å². The molecule has 0 spiro atoms. The number of aromatic nitrogens is 3. The SMILES string of the molecule is CCCC(CCC)c1nnc(CBr)n1CC. The first-order valence-electron chi connectivity index (χ1n) is 6.26. The molecule has 3 nitrogen and oxygen atoms in total. The van der Waals surface area contributed by atoms with Crippen LogP contribution in [0.2, 0.25) is 0 Å². The van der Waals surface area contributed by atoms with E-state index in [9.17, 15) is 0 Å². The van der Waals surface area contributed by atoms with Crippen molar-refractivity contribution < 1.29 is 0 Å². The molecule has 16 heavy (non-hydrogen) atoms. The third-order valence-corrected chi connectivity index (χ3v) is 3.43. The minimum absolute atomic E-state index is 0.579. The van der Waals surface area contributed by atoms with Gasteiger partial charge in [-0.15, -0.1) is 10.2 Å². The molecule has 0 atom stereocenters. The van der Waals surface area contributed by atoms with Crippen molar-refractivity contribution >= 4 is 15.9 Å². The monoisotopic (exact) mass is 287 g/mol. The van der Waals surface area contributed by atoms with Gasteiger partial charge in [-0.1, -0.05) is 42.6 Å². The summed E-state index contributed by atoms with van der Waals surface area (Å²) in [6, 6.07) is 0. The van der Waals surface area contributed by atoms with Gasteiger partial charge in [0, 0.05) is 12.5 Å². The number of hydrogen-bond acceptors (Lipinski definition) is 2. The maximum Gasteiger partial charge on any atom is 0.143 e. The number of rotatable bonds is 7. The molecule has 0 aliphatic carbocycles. The topological polar surface area (TPSA) is 30.7 Å². The van der Waals surface area contributed by atoms with Crippen molar-refractivity contribution in [3.63, 3.8) is 0 Å². The van der Waals surface area contributed by atoms with E-state index in [1.165, 1.54) is 31.5 Å². The molecule has 0 unspecified atom stereocenters. The van der Waals surface area contributed by atoms with E-state index in [4.69, 9.17) is 0 Å². The van der Waals surface area contributed by atoms with Crippen LogP contribution >= 0.6 is 15.9 Å². The van der Waals surface area contributed by atoms with Gasteiger partial charge in [0.05, 0.1) is 5.33 Å². The summed E-state index contributed by atoms with van der Waals surface area (Å²) in [5, 5.41) is 9.43. The maximum atomic E-state index is 4.38. The van der Waals surface area contributed by atoms with E-state index in [0.717, 1.165) is 17.7 Å². The highest BCUT2D eigenvalue weighted by Crippen LogP contribution is 2.25. The molecule has 0 bridgehead atoms. The third-order valence-electron chi connectivity index (χ3n) is 2.93. The predicted molar refractivity (Wildman–Crippen MR) is 70.9 cm³/mol. The molecule has 92 valence electrons. The molecule has 1 aromatic rings. The minimum atomic E-state index is 0.579. The van der Waals surface area contributed by atoms with Crippen LogP contribution in [0.5, 0.6) is 0 Å². The second kappa shape index (κ2) is 7.05. The fourth-order valence-corrected chi connectivity index (χ4v) is 2.61. The van der Waals surface area contributed by atoms with Gasteiger partial charge in [0.1, 0.15) is 11.6 Å². The Kier molecular flexibility index (Phi) is 6.03. The molecule has 1 heterocycles. The van der Waals surface area contributed by atoms with Gasteiger partial charge in [-0.3, -0.25) is 0 Å². The van der Waals surface area contributed by atoms with E-state index in [1.807, 2.05) is 0 Å². The minimum Gasteiger partial charge on any atom is -0.314 e. The highest BCUT2D eigenvalue weighted by molar-refractivity contribution is 9.08. The number of halogens is 1. The van der Waals surface area contributed by atoms with Crippen LogP contribution in [-0.4, -0.2) is 14.8 Å². The maximum absolute atomic E-state index is 4.38. The van der Waals surface area contributed by atoms with Gasteiger partial charge < -0.3 is 4.57 Å². The fourth-order valence-electron chi connectivity index (χ4n) is 2.19. The van der Waals surface area contributed by atoms with Gasteiger partial charge in [-0.05, 0) is 19.8 Å². The van der Waals surface area contributed by atoms with Crippen LogP contribution in [0.25, 0.3) is 0 Å². The summed E-state index contributed by atoms with van der Waals surface area (Å²) in [6.45, 7) is 7.60. The average Bonchev–Trinajstić information content (AvgIpc) is 2.71. The summed E-state index contributed by atoms with van der Waals surface area (Å²) in [6.07, 6.45) is 4.86. The van der Waals surface area contributed by atoms with Crippen LogP contribution in [0.3, 0.4) is 0 Å². The van der Waals surface area contributed by atoms with Crippen molar-refractivity contribution in [3.05, 3.63) is 11.6 Å². The Hall–Kier alpha value is -0.380. The van der Waals surface area contributed by atoms with Crippen LogP contribution in [0.1, 0.15) is 64.0 Å². The van der Waals surface area contributed by atoms with Crippen molar-refractivity contribution in [2.45, 2.75) is 64.2 Å². The Bertz CT molecular complexity index is 303. The number of nitrogens with zero attached hydrogens (tertiary/aromatic N) is 3. The largest absolute Gasteiger partial charge is 0.314 e. The second-order valence-corrected chi connectivity index (χ2v) is 4.69. The van der Waals surface area contributed by atoms with E-state index < -0.39 is 0 Å². The fraction of sp³-hybridized carbons (Fsp3) is 0.833. The summed E-state index contributed by atoms with van der Waals surface area (Å²) >= 11 is 3.47. The Balaban J connectivity index is 2.93. The Labute approximate surface area is 107 Å². The molecule has 4 heteroatoms. The Morgan fingerprint density at radius 2 is 1.75 bits per heavy atom. The van der Waals surface area contributed by atoms with Gasteiger partial charge in [-0.25, -0.2) is 0 Å². The highest BCUT2D eigenvalue weighted by atomic mass is 79.9. The zero-order chi connectivity index (χ0) is 12.0. The van der Waals surface area contributed by atoms with E-state index in [2.05, 4.69) is 51.5 Å². The van der Waals surface area contributed by atoms with E-state index in [0.29, 0.717) is 5.92 Å². The van der Waals surface area contributed by atoms with Crippen molar-refractivity contribution in [1.82, 2.24) is 14.8 Å². The molecule has 0 saturated carbocycles. The van der Waals surface area contributed by atoms with Crippen LogP contribution in [0.4, 0.5) is 0 Å². The van der Waals surface area contributed by atoms with Gasteiger partial charge in [0.25, 0.3) is 0 Å². The molecular weight excluding hydrogens is 266 g/mol. The molecule has 0 saturated heterocycles. The van der Waals surface area contributed by atoms with E-state index >= 15 is 0 Å². The lowest BCUT2D eigenvalue weighted by Gasteiger charge is -2.15. The molecular formula is C12H22BrN3. The zero-order valence-corrected chi connectivity index (χ0v) is 12.1. The first kappa shape index (κ1) is 13.7. The van der Waals surface area contributed by atoms with Gasteiger partial charge in [-0.2, -0.15) is 0 Å². The van der Waals surface area contributed by atoms with Crippen LogP contribution in [-0.2, 0) is 11.9 Å². The van der Waals surface area contributed by atoms with E-state index in [1.54, 1.807) is 0 Å². The van der Waals surface area contributed by atoms with Crippen LogP contribution in [0, 0.1) is 0 Å². The average molecular weight is 288 g/mol. The predicted octanol–water partition coefficient (Wildman–Crippen LogP) is 3.88. The Morgan fingerprint density at radius 3 is 2.19 bits per heavy atom. The van der Waals surface area contributed by atoms with Crippen molar-refractivity contribution in [3.8, 4) is 0 Å². The summed E-state index contributed by atoms with van der Waals surface area (Å²) in [7, 11) is 0. The number of alkyl halides is 1. The van der Waals surface area contributed by atoms with Gasteiger partial charge in [0.15, 0.2) is 0 Å². The molecule has 0 fully saturated rings. The number of hydrogen-bond donors (Lipinski definition) is 0. The zero-order valence-electron chi connectivity index (χ0n) is 10.5. The van der Waals surface area contributed by atoms with Crippen molar-refractivity contribution in [1.29, 1.82) is 0 Å². The molecule has 0 aromatic carbocycles. The lowest BCUT2D eigenvalue weighted by atomic mass is 9.97. The quantitative estimate of drug-likeness (QED) is 0.713. The summed E-state index contributed by atoms with van der Waals surface area (Å²) in [5.74, 6) is 2.81. The lowest BCUT2D eigenvalue weighted by molar-refractivity contribution is 0.504. The summed E-state index contributed by atoms with van der Waals surface area (Å²) in [5.41, 5.74) is 0. The van der Waals surface area contributed by atoms with Crippen molar-refractivity contribution in [2.75, 3.05) is 0 Å². The molecule has 0 amide bonds.